The lowest BCUT2D eigenvalue weighted by molar-refractivity contribution is -0.136. The van der Waals surface area contributed by atoms with Crippen molar-refractivity contribution in [2.45, 2.75) is 5.25 Å². The van der Waals surface area contributed by atoms with Gasteiger partial charge >= 0.3 is 5.97 Å². The third kappa shape index (κ3) is 2.32. The average molecular weight is 214 g/mol. The van der Waals surface area contributed by atoms with Crippen LogP contribution >= 0.6 is 0 Å². The van der Waals surface area contributed by atoms with Crippen molar-refractivity contribution in [1.29, 1.82) is 0 Å². The summed E-state index contributed by atoms with van der Waals surface area (Å²) in [4.78, 5) is 10.8. The van der Waals surface area contributed by atoms with Gasteiger partial charge in [-0.3, -0.25) is 4.79 Å². The summed E-state index contributed by atoms with van der Waals surface area (Å²) in [6, 6.07) is 7.89. The largest absolute Gasteiger partial charge is 0.480 e. The number of carboxylic acids is 1. The number of aliphatic carboxylic acids is 1. The highest BCUT2D eigenvalue weighted by Crippen LogP contribution is 2.21. The van der Waals surface area contributed by atoms with Crippen molar-refractivity contribution < 1.29 is 18.3 Å². The maximum atomic E-state index is 11.2. The van der Waals surface area contributed by atoms with Gasteiger partial charge in [-0.1, -0.05) is 30.3 Å². The molecule has 0 aromatic heterocycles. The zero-order chi connectivity index (χ0) is 10.8. The first kappa shape index (κ1) is 10.7. The molecule has 1 aromatic carbocycles. The summed E-state index contributed by atoms with van der Waals surface area (Å²) in [6.45, 7) is 0. The molecule has 1 atom stereocenters. The average Bonchev–Trinajstić information content (AvgIpc) is 2.02. The maximum absolute atomic E-state index is 11.2. The highest BCUT2D eigenvalue weighted by atomic mass is 32.2. The standard InChI is InChI=1S/C9H10O4S/c1-14(12,13)8(9(10)11)7-5-3-2-4-6-7/h2-6,8H,1H3,(H,10,11). The Bertz CT molecular complexity index is 421. The summed E-state index contributed by atoms with van der Waals surface area (Å²) in [5.74, 6) is -1.35. The van der Waals surface area contributed by atoms with Crippen molar-refractivity contribution in [2.75, 3.05) is 6.26 Å². The van der Waals surface area contributed by atoms with Gasteiger partial charge in [-0.15, -0.1) is 0 Å². The molecule has 1 N–H and O–H groups in total. The molecule has 4 nitrogen and oxygen atoms in total. The van der Waals surface area contributed by atoms with Gasteiger partial charge in [-0.25, -0.2) is 8.42 Å². The van der Waals surface area contributed by atoms with Gasteiger partial charge < -0.3 is 5.11 Å². The monoisotopic (exact) mass is 214 g/mol. The molecule has 0 aliphatic carbocycles. The lowest BCUT2D eigenvalue weighted by Gasteiger charge is -2.09. The van der Waals surface area contributed by atoms with Gasteiger partial charge in [0.05, 0.1) is 0 Å². The molecule has 0 amide bonds. The van der Waals surface area contributed by atoms with Crippen molar-refractivity contribution >= 4 is 15.8 Å². The molecule has 1 aromatic rings. The molecule has 5 heteroatoms. The summed E-state index contributed by atoms with van der Waals surface area (Å²) in [7, 11) is -3.62. The van der Waals surface area contributed by atoms with Crippen molar-refractivity contribution in [2.24, 2.45) is 0 Å². The van der Waals surface area contributed by atoms with E-state index in [1.165, 1.54) is 12.1 Å². The Hall–Kier alpha value is -1.36. The van der Waals surface area contributed by atoms with Crippen LogP contribution in [0.4, 0.5) is 0 Å². The third-order valence-corrected chi connectivity index (χ3v) is 3.08. The van der Waals surface area contributed by atoms with Gasteiger partial charge in [-0.05, 0) is 5.56 Å². The van der Waals surface area contributed by atoms with E-state index in [0.717, 1.165) is 6.26 Å². The van der Waals surface area contributed by atoms with E-state index >= 15 is 0 Å². The van der Waals surface area contributed by atoms with Crippen molar-refractivity contribution in [3.8, 4) is 0 Å². The van der Waals surface area contributed by atoms with E-state index in [1.54, 1.807) is 18.2 Å². The molecule has 1 unspecified atom stereocenters. The van der Waals surface area contributed by atoms with Gasteiger partial charge in [0.1, 0.15) is 0 Å². The number of carbonyl (C=O) groups is 1. The predicted molar refractivity (Wildman–Crippen MR) is 51.7 cm³/mol. The molecule has 0 fully saturated rings. The molecule has 0 radical (unpaired) electrons. The van der Waals surface area contributed by atoms with Crippen molar-refractivity contribution in [3.63, 3.8) is 0 Å². The Morgan fingerprint density at radius 3 is 2.14 bits per heavy atom. The normalized spacial score (nSPS) is 13.5. The first-order valence-electron chi connectivity index (χ1n) is 3.89. The van der Waals surface area contributed by atoms with Crippen LogP contribution in [0.2, 0.25) is 0 Å². The Morgan fingerprint density at radius 2 is 1.79 bits per heavy atom. The molecular formula is C9H10O4S. The predicted octanol–water partition coefficient (Wildman–Crippen LogP) is 0.857. The fraction of sp³-hybridized carbons (Fsp3) is 0.222. The van der Waals surface area contributed by atoms with E-state index in [0.29, 0.717) is 0 Å². The summed E-state index contributed by atoms with van der Waals surface area (Å²) < 4.78 is 22.4. The fourth-order valence-corrected chi connectivity index (χ4v) is 2.22. The second-order valence-electron chi connectivity index (χ2n) is 2.96. The molecule has 14 heavy (non-hydrogen) atoms. The first-order valence-corrected chi connectivity index (χ1v) is 5.85. The summed E-state index contributed by atoms with van der Waals surface area (Å²) >= 11 is 0. The highest BCUT2D eigenvalue weighted by Gasteiger charge is 2.29. The summed E-state index contributed by atoms with van der Waals surface area (Å²) in [5.41, 5.74) is 0.280. The zero-order valence-corrected chi connectivity index (χ0v) is 8.36. The Morgan fingerprint density at radius 1 is 1.29 bits per heavy atom. The SMILES string of the molecule is CS(=O)(=O)C(C(=O)O)c1ccccc1. The first-order chi connectivity index (χ1) is 6.43. The molecule has 1 rings (SSSR count). The van der Waals surface area contributed by atoms with Crippen LogP contribution in [0, 0.1) is 0 Å². The zero-order valence-electron chi connectivity index (χ0n) is 7.54. The lowest BCUT2D eigenvalue weighted by atomic mass is 10.1. The molecule has 0 aliphatic heterocycles. The van der Waals surface area contributed by atoms with Crippen molar-refractivity contribution in [3.05, 3.63) is 35.9 Å². The van der Waals surface area contributed by atoms with Crippen LogP contribution in [0.1, 0.15) is 10.8 Å². The van der Waals surface area contributed by atoms with Crippen LogP contribution in [0.5, 0.6) is 0 Å². The third-order valence-electron chi connectivity index (χ3n) is 1.75. The number of sulfone groups is 1. The number of hydrogen-bond donors (Lipinski definition) is 1. The molecule has 0 aliphatic rings. The number of rotatable bonds is 3. The van der Waals surface area contributed by atoms with Gasteiger partial charge in [0.15, 0.2) is 15.1 Å². The quantitative estimate of drug-likeness (QED) is 0.809. The summed E-state index contributed by atoms with van der Waals surface area (Å²) in [5, 5.41) is 7.31. The van der Waals surface area contributed by atoms with E-state index in [4.69, 9.17) is 5.11 Å². The second kappa shape index (κ2) is 3.79. The van der Waals surface area contributed by atoms with Crippen LogP contribution in [0.25, 0.3) is 0 Å². The minimum atomic E-state index is -3.62. The molecule has 0 saturated heterocycles. The fourth-order valence-electron chi connectivity index (χ4n) is 1.20. The molecule has 0 spiro atoms. The van der Waals surface area contributed by atoms with Crippen molar-refractivity contribution in [1.82, 2.24) is 0 Å². The molecule has 76 valence electrons. The van der Waals surface area contributed by atoms with Crippen LogP contribution in [-0.2, 0) is 14.6 Å². The van der Waals surface area contributed by atoms with E-state index in [1.807, 2.05) is 0 Å². The molecule has 0 saturated carbocycles. The summed E-state index contributed by atoms with van der Waals surface area (Å²) in [6.07, 6.45) is 0.915. The van der Waals surface area contributed by atoms with Crippen LogP contribution in [-0.4, -0.2) is 25.7 Å². The topological polar surface area (TPSA) is 71.4 Å². The van der Waals surface area contributed by atoms with Gasteiger partial charge in [0, 0.05) is 6.26 Å². The number of hydrogen-bond acceptors (Lipinski definition) is 3. The Labute approximate surface area is 82.1 Å². The van der Waals surface area contributed by atoms with E-state index in [-0.39, 0.29) is 5.56 Å². The van der Waals surface area contributed by atoms with E-state index in [2.05, 4.69) is 0 Å². The minimum Gasteiger partial charge on any atom is -0.480 e. The van der Waals surface area contributed by atoms with E-state index < -0.39 is 21.1 Å². The minimum absolute atomic E-state index is 0.280. The molecule has 0 bridgehead atoms. The lowest BCUT2D eigenvalue weighted by Crippen LogP contribution is -2.20. The van der Waals surface area contributed by atoms with Gasteiger partial charge in [0.25, 0.3) is 0 Å². The van der Waals surface area contributed by atoms with Crippen LogP contribution in [0.15, 0.2) is 30.3 Å². The second-order valence-corrected chi connectivity index (χ2v) is 5.09. The highest BCUT2D eigenvalue weighted by molar-refractivity contribution is 7.91. The van der Waals surface area contributed by atoms with Crippen LogP contribution < -0.4 is 0 Å². The van der Waals surface area contributed by atoms with Gasteiger partial charge in [-0.2, -0.15) is 0 Å². The van der Waals surface area contributed by atoms with Crippen LogP contribution in [0.3, 0.4) is 0 Å². The van der Waals surface area contributed by atoms with E-state index in [9.17, 15) is 13.2 Å². The Kier molecular flexibility index (Phi) is 2.90. The molecule has 0 heterocycles. The Balaban J connectivity index is 3.22. The maximum Gasteiger partial charge on any atom is 0.326 e. The van der Waals surface area contributed by atoms with Gasteiger partial charge in [0.2, 0.25) is 0 Å². The smallest absolute Gasteiger partial charge is 0.326 e. The number of carboxylic acid groups (broad SMARTS) is 1. The number of benzene rings is 1. The molecular weight excluding hydrogens is 204 g/mol.